The van der Waals surface area contributed by atoms with Gasteiger partial charge in [0.2, 0.25) is 5.91 Å². The van der Waals surface area contributed by atoms with Gasteiger partial charge in [-0.1, -0.05) is 50.1 Å². The normalized spacial score (nSPS) is 24.2. The lowest BCUT2D eigenvalue weighted by atomic mass is 9.67. The summed E-state index contributed by atoms with van der Waals surface area (Å²) in [4.78, 5) is 29.3. The molecule has 1 aliphatic heterocycles. The molecule has 1 fully saturated rings. The minimum Gasteiger partial charge on any atom is -0.479 e. The molecule has 0 aliphatic carbocycles. The van der Waals surface area contributed by atoms with Gasteiger partial charge in [-0.2, -0.15) is 0 Å². The van der Waals surface area contributed by atoms with E-state index in [4.69, 9.17) is 0 Å². The standard InChI is InChI=1S/C28H39FN4O3/c1-7-8-14-23-27(4,25(35)36)33(22-12-10-9-11-13-22)31-28(23,20-15-17-21(29)18-16-20)24(34)30-19-26(2,3)32(5)6/h9-13,15-18,23,31H,7-8,14,19H2,1-6H3,(H,30,34)(H,35,36). The summed E-state index contributed by atoms with van der Waals surface area (Å²) >= 11 is 0. The van der Waals surface area contributed by atoms with E-state index >= 15 is 0 Å². The second-order valence-electron chi connectivity index (χ2n) is 10.6. The molecule has 1 heterocycles. The molecule has 3 unspecified atom stereocenters. The molecule has 2 aromatic carbocycles. The number of anilines is 1. The van der Waals surface area contributed by atoms with Crippen LogP contribution in [0, 0.1) is 11.7 Å². The van der Waals surface area contributed by atoms with Crippen LogP contribution in [0.3, 0.4) is 0 Å². The molecule has 0 radical (unpaired) electrons. The second kappa shape index (κ2) is 10.6. The van der Waals surface area contributed by atoms with Crippen LogP contribution in [-0.2, 0) is 15.1 Å². The summed E-state index contributed by atoms with van der Waals surface area (Å²) in [5, 5.41) is 15.3. The van der Waals surface area contributed by atoms with Gasteiger partial charge in [-0.15, -0.1) is 0 Å². The average Bonchev–Trinajstić information content (AvgIpc) is 3.12. The summed E-state index contributed by atoms with van der Waals surface area (Å²) in [7, 11) is 3.89. The van der Waals surface area contributed by atoms with Crippen LogP contribution in [0.1, 0.15) is 52.5 Å². The smallest absolute Gasteiger partial charge is 0.331 e. The zero-order chi connectivity index (χ0) is 26.7. The summed E-state index contributed by atoms with van der Waals surface area (Å²) in [5.74, 6) is -2.45. The number of hydrogen-bond acceptors (Lipinski definition) is 5. The number of unbranched alkanes of at least 4 members (excludes halogenated alkanes) is 1. The molecular weight excluding hydrogens is 459 g/mol. The maximum atomic E-state index is 14.3. The van der Waals surface area contributed by atoms with Gasteiger partial charge in [0.15, 0.2) is 5.54 Å². The maximum Gasteiger partial charge on any atom is 0.331 e. The highest BCUT2D eigenvalue weighted by Gasteiger charge is 2.66. The molecule has 1 aliphatic rings. The summed E-state index contributed by atoms with van der Waals surface area (Å²) in [6, 6.07) is 14.9. The van der Waals surface area contributed by atoms with Crippen molar-refractivity contribution in [3.63, 3.8) is 0 Å². The van der Waals surface area contributed by atoms with Crippen LogP contribution >= 0.6 is 0 Å². The van der Waals surface area contributed by atoms with Crippen LogP contribution in [0.2, 0.25) is 0 Å². The van der Waals surface area contributed by atoms with Gasteiger partial charge in [-0.05, 0) is 71.1 Å². The summed E-state index contributed by atoms with van der Waals surface area (Å²) in [6.07, 6.45) is 2.06. The predicted molar refractivity (Wildman–Crippen MR) is 140 cm³/mol. The third kappa shape index (κ3) is 4.84. The number of nitrogens with zero attached hydrogens (tertiary/aromatic N) is 2. The first-order chi connectivity index (χ1) is 16.9. The van der Waals surface area contributed by atoms with E-state index in [-0.39, 0.29) is 11.4 Å². The summed E-state index contributed by atoms with van der Waals surface area (Å²) in [5.41, 5.74) is 1.28. The minimum absolute atomic E-state index is 0.337. The quantitative estimate of drug-likeness (QED) is 0.456. The van der Waals surface area contributed by atoms with Gasteiger partial charge in [0, 0.05) is 18.0 Å². The number of nitrogens with one attached hydrogen (secondary N) is 2. The van der Waals surface area contributed by atoms with Gasteiger partial charge < -0.3 is 15.3 Å². The Hall–Kier alpha value is -2.97. The Balaban J connectivity index is 2.23. The van der Waals surface area contributed by atoms with Crippen LogP contribution in [-0.4, -0.2) is 53.6 Å². The molecule has 0 spiro atoms. The van der Waals surface area contributed by atoms with Gasteiger partial charge in [-0.25, -0.2) is 14.6 Å². The van der Waals surface area contributed by atoms with Crippen LogP contribution in [0.15, 0.2) is 54.6 Å². The summed E-state index contributed by atoms with van der Waals surface area (Å²) < 4.78 is 14.0. The van der Waals surface area contributed by atoms with E-state index in [0.717, 1.165) is 12.8 Å². The van der Waals surface area contributed by atoms with Crippen LogP contribution in [0.5, 0.6) is 0 Å². The Morgan fingerprint density at radius 3 is 2.28 bits per heavy atom. The zero-order valence-electron chi connectivity index (χ0n) is 22.1. The van der Waals surface area contributed by atoms with Crippen molar-refractivity contribution in [3.05, 3.63) is 66.0 Å². The Morgan fingerprint density at radius 1 is 1.14 bits per heavy atom. The third-order valence-electron chi connectivity index (χ3n) is 7.80. The van der Waals surface area contributed by atoms with E-state index in [0.29, 0.717) is 24.2 Å². The van der Waals surface area contributed by atoms with Crippen LogP contribution < -0.4 is 15.8 Å². The number of aliphatic carboxylic acids is 1. The van der Waals surface area contributed by atoms with E-state index in [1.54, 1.807) is 24.1 Å². The highest BCUT2D eigenvalue weighted by Crippen LogP contribution is 2.50. The molecule has 7 nitrogen and oxygen atoms in total. The van der Waals surface area contributed by atoms with Gasteiger partial charge in [-0.3, -0.25) is 9.80 Å². The Morgan fingerprint density at radius 2 is 1.75 bits per heavy atom. The number of hydrazine groups is 1. The number of benzene rings is 2. The monoisotopic (exact) mass is 498 g/mol. The molecule has 8 heteroatoms. The molecule has 3 atom stereocenters. The number of halogens is 1. The van der Waals surface area contributed by atoms with Crippen molar-refractivity contribution < 1.29 is 19.1 Å². The Kier molecular flexibility index (Phi) is 8.10. The van der Waals surface area contributed by atoms with E-state index in [9.17, 15) is 19.1 Å². The fourth-order valence-electron chi connectivity index (χ4n) is 4.92. The van der Waals surface area contributed by atoms with Crippen LogP contribution in [0.4, 0.5) is 10.1 Å². The summed E-state index contributed by atoms with van der Waals surface area (Å²) in [6.45, 7) is 8.09. The molecule has 36 heavy (non-hydrogen) atoms. The van der Waals surface area contributed by atoms with Crippen molar-refractivity contribution in [1.82, 2.24) is 15.6 Å². The molecule has 0 saturated carbocycles. The second-order valence-corrected chi connectivity index (χ2v) is 10.6. The number of likely N-dealkylation sites (N-methyl/N-ethyl adjacent to an activating group) is 1. The lowest BCUT2D eigenvalue weighted by molar-refractivity contribution is -0.145. The topological polar surface area (TPSA) is 84.9 Å². The van der Waals surface area contributed by atoms with Crippen molar-refractivity contribution in [1.29, 1.82) is 0 Å². The number of hydrogen-bond donors (Lipinski definition) is 3. The van der Waals surface area contributed by atoms with Crippen LogP contribution in [0.25, 0.3) is 0 Å². The number of para-hydroxylation sites is 1. The molecule has 2 aromatic rings. The van der Waals surface area contributed by atoms with Crippen molar-refractivity contribution in [3.8, 4) is 0 Å². The molecule has 196 valence electrons. The lowest BCUT2D eigenvalue weighted by Crippen LogP contribution is -2.59. The Labute approximate surface area is 213 Å². The average molecular weight is 499 g/mol. The zero-order valence-corrected chi connectivity index (χ0v) is 22.1. The molecule has 0 bridgehead atoms. The SMILES string of the molecule is CCCCC1C(C(=O)NCC(C)(C)N(C)C)(c2ccc(F)cc2)NN(c2ccccc2)C1(C)C(=O)O. The fourth-order valence-corrected chi connectivity index (χ4v) is 4.92. The number of carboxylic acid groups (broad SMARTS) is 1. The lowest BCUT2D eigenvalue weighted by Gasteiger charge is -2.39. The van der Waals surface area contributed by atoms with Crippen molar-refractivity contribution in [2.75, 3.05) is 25.6 Å². The number of carbonyl (C=O) groups is 2. The molecular formula is C28H39FN4O3. The van der Waals surface area contributed by atoms with E-state index in [2.05, 4.69) is 10.7 Å². The number of rotatable bonds is 10. The van der Waals surface area contributed by atoms with Gasteiger partial charge in [0.05, 0.1) is 5.69 Å². The highest BCUT2D eigenvalue weighted by molar-refractivity contribution is 5.94. The van der Waals surface area contributed by atoms with E-state index in [1.807, 2.05) is 70.1 Å². The van der Waals surface area contributed by atoms with E-state index in [1.165, 1.54) is 12.1 Å². The van der Waals surface area contributed by atoms with Gasteiger partial charge in [0.1, 0.15) is 11.4 Å². The van der Waals surface area contributed by atoms with Crippen molar-refractivity contribution in [2.24, 2.45) is 5.92 Å². The molecule has 3 N–H and O–H groups in total. The Bertz CT molecular complexity index is 1060. The number of amides is 1. The third-order valence-corrected chi connectivity index (χ3v) is 7.80. The fraction of sp³-hybridized carbons (Fsp3) is 0.500. The van der Waals surface area contributed by atoms with Crippen molar-refractivity contribution in [2.45, 2.75) is 63.6 Å². The number of carboxylic acids is 1. The predicted octanol–water partition coefficient (Wildman–Crippen LogP) is 4.15. The first-order valence-electron chi connectivity index (χ1n) is 12.5. The van der Waals surface area contributed by atoms with Gasteiger partial charge >= 0.3 is 5.97 Å². The van der Waals surface area contributed by atoms with E-state index < -0.39 is 28.8 Å². The molecule has 1 amide bonds. The first kappa shape index (κ1) is 27.6. The largest absolute Gasteiger partial charge is 0.479 e. The van der Waals surface area contributed by atoms with Gasteiger partial charge in [0.25, 0.3) is 0 Å². The molecule has 3 rings (SSSR count). The number of carbonyl (C=O) groups excluding carboxylic acids is 1. The molecule has 0 aromatic heterocycles. The maximum absolute atomic E-state index is 14.3. The minimum atomic E-state index is -1.46. The van der Waals surface area contributed by atoms with Crippen molar-refractivity contribution >= 4 is 17.6 Å². The molecule has 1 saturated heterocycles. The highest BCUT2D eigenvalue weighted by atomic mass is 19.1. The first-order valence-corrected chi connectivity index (χ1v) is 12.5.